The molecule has 0 spiro atoms. The highest BCUT2D eigenvalue weighted by Gasteiger charge is 2.13. The fourth-order valence-corrected chi connectivity index (χ4v) is 3.03. The minimum Gasteiger partial charge on any atom is -0.490 e. The van der Waals surface area contributed by atoms with Crippen molar-refractivity contribution in [3.63, 3.8) is 0 Å². The van der Waals surface area contributed by atoms with Gasteiger partial charge in [0.05, 0.1) is 6.61 Å². The van der Waals surface area contributed by atoms with Crippen molar-refractivity contribution in [1.82, 2.24) is 15.5 Å². The molecule has 2 rings (SSSR count). The molecule has 2 aromatic carbocycles. The zero-order chi connectivity index (χ0) is 21.8. The first-order valence-corrected chi connectivity index (χ1v) is 10.6. The molecule has 8 heteroatoms. The summed E-state index contributed by atoms with van der Waals surface area (Å²) in [6.07, 6.45) is 0.776. The van der Waals surface area contributed by atoms with Crippen LogP contribution in [0.3, 0.4) is 0 Å². The van der Waals surface area contributed by atoms with Gasteiger partial charge in [0, 0.05) is 37.3 Å². The Hall–Kier alpha value is -1.99. The molecule has 1 amide bonds. The van der Waals surface area contributed by atoms with E-state index < -0.39 is 0 Å². The molecule has 0 heterocycles. The Morgan fingerprint density at radius 2 is 1.77 bits per heavy atom. The number of likely N-dealkylation sites (N-methyl/N-ethyl adjacent to an activating group) is 1. The number of carbonyl (C=O) groups excluding carboxylic acids is 1. The van der Waals surface area contributed by atoms with Crippen LogP contribution in [0.15, 0.2) is 42.5 Å². The highest BCUT2D eigenvalue weighted by atomic mass is 35.5. The average molecular weight is 470 g/mol. The molecule has 0 saturated carbocycles. The fraction of sp³-hybridized carbons (Fsp3) is 0.435. The molecule has 0 unspecified atom stereocenters. The smallest absolute Gasteiger partial charge is 0.257 e. The van der Waals surface area contributed by atoms with Gasteiger partial charge >= 0.3 is 0 Å². The monoisotopic (exact) mass is 469 g/mol. The SMILES string of the molecule is CCOc1cc(CNCCN(C)C)c(Cl)cc1OCC(=O)NCCc1ccccc1.Cl. The van der Waals surface area contributed by atoms with E-state index in [1.54, 1.807) is 6.07 Å². The molecular formula is C23H33Cl2N3O3. The van der Waals surface area contributed by atoms with Crippen LogP contribution in [-0.2, 0) is 17.8 Å². The number of benzene rings is 2. The third kappa shape index (κ3) is 10.2. The molecule has 0 aliphatic carbocycles. The zero-order valence-corrected chi connectivity index (χ0v) is 20.0. The van der Waals surface area contributed by atoms with Crippen LogP contribution >= 0.6 is 24.0 Å². The molecule has 0 bridgehead atoms. The van der Waals surface area contributed by atoms with Gasteiger partial charge in [0.2, 0.25) is 0 Å². The van der Waals surface area contributed by atoms with Crippen LogP contribution in [0.5, 0.6) is 11.5 Å². The normalized spacial score (nSPS) is 10.5. The summed E-state index contributed by atoms with van der Waals surface area (Å²) in [4.78, 5) is 14.2. The van der Waals surface area contributed by atoms with Crippen molar-refractivity contribution in [3.05, 3.63) is 58.6 Å². The summed E-state index contributed by atoms with van der Waals surface area (Å²) >= 11 is 6.42. The third-order valence-corrected chi connectivity index (χ3v) is 4.75. The van der Waals surface area contributed by atoms with Crippen LogP contribution in [0.25, 0.3) is 0 Å². The first kappa shape index (κ1) is 27.0. The van der Waals surface area contributed by atoms with Gasteiger partial charge in [-0.15, -0.1) is 12.4 Å². The first-order valence-electron chi connectivity index (χ1n) is 10.2. The van der Waals surface area contributed by atoms with E-state index in [4.69, 9.17) is 21.1 Å². The average Bonchev–Trinajstić information content (AvgIpc) is 2.72. The molecular weight excluding hydrogens is 437 g/mol. The van der Waals surface area contributed by atoms with Crippen molar-refractivity contribution in [3.8, 4) is 11.5 Å². The number of rotatable bonds is 13. The summed E-state index contributed by atoms with van der Waals surface area (Å²) in [6.45, 7) is 5.30. The van der Waals surface area contributed by atoms with Crippen LogP contribution in [0.4, 0.5) is 0 Å². The zero-order valence-electron chi connectivity index (χ0n) is 18.4. The summed E-state index contributed by atoms with van der Waals surface area (Å²) in [5, 5.41) is 6.81. The Bertz CT molecular complexity index is 789. The van der Waals surface area contributed by atoms with Crippen molar-refractivity contribution >= 4 is 29.9 Å². The maximum Gasteiger partial charge on any atom is 0.257 e. The highest BCUT2D eigenvalue weighted by molar-refractivity contribution is 6.31. The van der Waals surface area contributed by atoms with Gasteiger partial charge in [0.15, 0.2) is 18.1 Å². The number of hydrogen-bond acceptors (Lipinski definition) is 5. The van der Waals surface area contributed by atoms with Crippen LogP contribution in [0, 0.1) is 0 Å². The van der Waals surface area contributed by atoms with Gasteiger partial charge in [-0.05, 0) is 44.6 Å². The van der Waals surface area contributed by atoms with E-state index in [1.807, 2.05) is 57.4 Å². The molecule has 0 saturated heterocycles. The van der Waals surface area contributed by atoms with Crippen molar-refractivity contribution in [2.75, 3.05) is 46.9 Å². The number of nitrogens with zero attached hydrogens (tertiary/aromatic N) is 1. The van der Waals surface area contributed by atoms with Gasteiger partial charge < -0.3 is 25.0 Å². The molecule has 0 aliphatic rings. The Morgan fingerprint density at radius 1 is 1.06 bits per heavy atom. The van der Waals surface area contributed by atoms with Gasteiger partial charge in [0.1, 0.15) is 0 Å². The van der Waals surface area contributed by atoms with E-state index in [1.165, 1.54) is 5.56 Å². The van der Waals surface area contributed by atoms with Gasteiger partial charge in [-0.2, -0.15) is 0 Å². The lowest BCUT2D eigenvalue weighted by Gasteiger charge is -2.16. The molecule has 0 aliphatic heterocycles. The van der Waals surface area contributed by atoms with E-state index in [0.29, 0.717) is 36.2 Å². The van der Waals surface area contributed by atoms with Crippen molar-refractivity contribution < 1.29 is 14.3 Å². The summed E-state index contributed by atoms with van der Waals surface area (Å²) in [6, 6.07) is 13.6. The second kappa shape index (κ2) is 14.9. The lowest BCUT2D eigenvalue weighted by molar-refractivity contribution is -0.123. The Labute approximate surface area is 196 Å². The summed E-state index contributed by atoms with van der Waals surface area (Å²) in [5.41, 5.74) is 2.11. The van der Waals surface area contributed by atoms with Crippen molar-refractivity contribution in [2.24, 2.45) is 0 Å². The Kier molecular flexibility index (Phi) is 13.0. The molecule has 31 heavy (non-hydrogen) atoms. The van der Waals surface area contributed by atoms with Gasteiger partial charge in [-0.25, -0.2) is 0 Å². The highest BCUT2D eigenvalue weighted by Crippen LogP contribution is 2.33. The topological polar surface area (TPSA) is 62.8 Å². The minimum atomic E-state index is -0.182. The molecule has 6 nitrogen and oxygen atoms in total. The van der Waals surface area contributed by atoms with E-state index in [0.717, 1.165) is 25.1 Å². The number of carbonyl (C=O) groups is 1. The van der Waals surface area contributed by atoms with Crippen LogP contribution in [0.2, 0.25) is 5.02 Å². The number of amides is 1. The number of hydrogen-bond donors (Lipinski definition) is 2. The van der Waals surface area contributed by atoms with Gasteiger partial charge in [0.25, 0.3) is 5.91 Å². The van der Waals surface area contributed by atoms with E-state index in [2.05, 4.69) is 15.5 Å². The standard InChI is InChI=1S/C23H32ClN3O3.ClH/c1-4-29-21-14-19(16-25-12-13-27(2)3)20(24)15-22(21)30-17-23(28)26-11-10-18-8-6-5-7-9-18;/h5-9,14-15,25H,4,10-13,16-17H2,1-3H3,(H,26,28);1H. The molecule has 2 aromatic rings. The minimum absolute atomic E-state index is 0. The van der Waals surface area contributed by atoms with E-state index in [-0.39, 0.29) is 24.9 Å². The maximum absolute atomic E-state index is 12.1. The lowest BCUT2D eigenvalue weighted by Crippen LogP contribution is -2.30. The predicted octanol–water partition coefficient (Wildman–Crippen LogP) is 3.55. The maximum atomic E-state index is 12.1. The van der Waals surface area contributed by atoms with Crippen LogP contribution in [0.1, 0.15) is 18.1 Å². The quantitative estimate of drug-likeness (QED) is 0.439. The molecule has 0 aromatic heterocycles. The summed E-state index contributed by atoms with van der Waals surface area (Å²) in [5.74, 6) is 0.874. The molecule has 0 fully saturated rings. The molecule has 0 atom stereocenters. The van der Waals surface area contributed by atoms with Crippen LogP contribution in [-0.4, -0.2) is 57.8 Å². The Balaban J connectivity index is 0.00000480. The number of nitrogens with one attached hydrogen (secondary N) is 2. The lowest BCUT2D eigenvalue weighted by atomic mass is 10.1. The number of halogens is 2. The largest absolute Gasteiger partial charge is 0.490 e. The summed E-state index contributed by atoms with van der Waals surface area (Å²) < 4.78 is 11.4. The van der Waals surface area contributed by atoms with Gasteiger partial charge in [-0.3, -0.25) is 4.79 Å². The Morgan fingerprint density at radius 3 is 2.45 bits per heavy atom. The second-order valence-corrected chi connectivity index (χ2v) is 7.58. The van der Waals surface area contributed by atoms with Crippen molar-refractivity contribution in [2.45, 2.75) is 19.9 Å². The molecule has 2 N–H and O–H groups in total. The second-order valence-electron chi connectivity index (χ2n) is 7.18. The van der Waals surface area contributed by atoms with E-state index >= 15 is 0 Å². The first-order chi connectivity index (χ1) is 14.5. The predicted molar refractivity (Wildman–Crippen MR) is 129 cm³/mol. The molecule has 0 radical (unpaired) electrons. The van der Waals surface area contributed by atoms with Crippen LogP contribution < -0.4 is 20.1 Å². The van der Waals surface area contributed by atoms with Crippen molar-refractivity contribution in [1.29, 1.82) is 0 Å². The summed E-state index contributed by atoms with van der Waals surface area (Å²) in [7, 11) is 4.07. The third-order valence-electron chi connectivity index (χ3n) is 4.40. The molecule has 172 valence electrons. The van der Waals surface area contributed by atoms with Gasteiger partial charge in [-0.1, -0.05) is 41.9 Å². The fourth-order valence-electron chi connectivity index (χ4n) is 2.80. The number of ether oxygens (including phenoxy) is 2. The van der Waals surface area contributed by atoms with E-state index in [9.17, 15) is 4.79 Å².